The van der Waals surface area contributed by atoms with Crippen molar-refractivity contribution in [1.29, 1.82) is 0 Å². The Balaban J connectivity index is 3.60. The maximum atomic E-state index is 5.62. The third-order valence-corrected chi connectivity index (χ3v) is 1.94. The molecule has 0 saturated carbocycles. The largest absolute Gasteiger partial charge is 0.373 e. The van der Waals surface area contributed by atoms with Crippen LogP contribution < -0.4 is 5.32 Å². The van der Waals surface area contributed by atoms with Gasteiger partial charge in [-0.15, -0.1) is 6.58 Å². The van der Waals surface area contributed by atoms with Gasteiger partial charge in [0.25, 0.3) is 0 Å². The molecule has 0 amide bonds. The molecular formula is C11H23NO. The number of ether oxygens (including phenoxy) is 1. The third kappa shape index (κ3) is 6.79. The van der Waals surface area contributed by atoms with Crippen LogP contribution in [0.1, 0.15) is 27.2 Å². The van der Waals surface area contributed by atoms with Gasteiger partial charge in [0.05, 0.1) is 12.7 Å². The first-order valence-corrected chi connectivity index (χ1v) is 5.15. The van der Waals surface area contributed by atoms with Crippen LogP contribution in [0.15, 0.2) is 12.7 Å². The normalized spacial score (nSPS) is 13.2. The Labute approximate surface area is 82.4 Å². The van der Waals surface area contributed by atoms with E-state index in [1.165, 1.54) is 6.42 Å². The van der Waals surface area contributed by atoms with Gasteiger partial charge in [0, 0.05) is 6.54 Å². The summed E-state index contributed by atoms with van der Waals surface area (Å²) in [6.45, 7) is 12.8. The van der Waals surface area contributed by atoms with E-state index >= 15 is 0 Å². The highest BCUT2D eigenvalue weighted by molar-refractivity contribution is 4.70. The zero-order chi connectivity index (χ0) is 10.1. The first-order chi connectivity index (χ1) is 6.22. The van der Waals surface area contributed by atoms with E-state index in [-0.39, 0.29) is 0 Å². The summed E-state index contributed by atoms with van der Waals surface area (Å²) in [5.74, 6) is 0.560. The van der Waals surface area contributed by atoms with Gasteiger partial charge in [-0.3, -0.25) is 0 Å². The minimum atomic E-state index is 0.310. The maximum Gasteiger partial charge on any atom is 0.0726 e. The second kappa shape index (κ2) is 8.27. The van der Waals surface area contributed by atoms with E-state index in [0.717, 1.165) is 13.1 Å². The first-order valence-electron chi connectivity index (χ1n) is 5.15. The van der Waals surface area contributed by atoms with Crippen molar-refractivity contribution in [2.75, 3.05) is 19.7 Å². The summed E-state index contributed by atoms with van der Waals surface area (Å²) < 4.78 is 5.62. The van der Waals surface area contributed by atoms with Gasteiger partial charge in [0.2, 0.25) is 0 Å². The SMILES string of the molecule is C=CCOC(CNCCC)C(C)C. The molecule has 78 valence electrons. The third-order valence-electron chi connectivity index (χ3n) is 1.94. The van der Waals surface area contributed by atoms with Gasteiger partial charge in [-0.2, -0.15) is 0 Å². The van der Waals surface area contributed by atoms with Crippen molar-refractivity contribution < 1.29 is 4.74 Å². The highest BCUT2D eigenvalue weighted by Crippen LogP contribution is 2.05. The standard InChI is InChI=1S/C11H23NO/c1-5-7-12-9-11(10(3)4)13-8-6-2/h6,10-12H,2,5,7-9H2,1,3-4H3. The molecule has 0 aromatic heterocycles. The van der Waals surface area contributed by atoms with Crippen molar-refractivity contribution in [2.24, 2.45) is 5.92 Å². The van der Waals surface area contributed by atoms with Crippen molar-refractivity contribution >= 4 is 0 Å². The van der Waals surface area contributed by atoms with Crippen molar-refractivity contribution in [1.82, 2.24) is 5.32 Å². The molecule has 0 aliphatic heterocycles. The second-order valence-electron chi connectivity index (χ2n) is 3.61. The molecule has 0 rings (SSSR count). The van der Waals surface area contributed by atoms with Gasteiger partial charge >= 0.3 is 0 Å². The van der Waals surface area contributed by atoms with Gasteiger partial charge in [-0.1, -0.05) is 26.8 Å². The van der Waals surface area contributed by atoms with Crippen LogP contribution in [0.3, 0.4) is 0 Å². The van der Waals surface area contributed by atoms with Gasteiger partial charge < -0.3 is 10.1 Å². The fourth-order valence-corrected chi connectivity index (χ4v) is 1.10. The average Bonchev–Trinajstić information content (AvgIpc) is 2.10. The molecule has 0 radical (unpaired) electrons. The summed E-state index contributed by atoms with van der Waals surface area (Å²) in [4.78, 5) is 0. The Morgan fingerprint density at radius 3 is 2.62 bits per heavy atom. The van der Waals surface area contributed by atoms with Crippen LogP contribution in [-0.4, -0.2) is 25.8 Å². The van der Waals surface area contributed by atoms with Crippen molar-refractivity contribution in [3.63, 3.8) is 0 Å². The molecule has 0 bridgehead atoms. The van der Waals surface area contributed by atoms with E-state index < -0.39 is 0 Å². The minimum absolute atomic E-state index is 0.310. The molecule has 0 fully saturated rings. The van der Waals surface area contributed by atoms with Crippen LogP contribution in [0.2, 0.25) is 0 Å². The fourth-order valence-electron chi connectivity index (χ4n) is 1.10. The lowest BCUT2D eigenvalue weighted by molar-refractivity contribution is 0.0410. The molecular weight excluding hydrogens is 162 g/mol. The Bertz CT molecular complexity index is 123. The molecule has 0 aliphatic carbocycles. The smallest absolute Gasteiger partial charge is 0.0726 e. The fraction of sp³-hybridized carbons (Fsp3) is 0.818. The zero-order valence-electron chi connectivity index (χ0n) is 9.18. The monoisotopic (exact) mass is 185 g/mol. The van der Waals surface area contributed by atoms with Crippen LogP contribution in [0.4, 0.5) is 0 Å². The molecule has 0 aliphatic rings. The lowest BCUT2D eigenvalue weighted by Crippen LogP contribution is -2.33. The predicted molar refractivity (Wildman–Crippen MR) is 57.9 cm³/mol. The number of hydrogen-bond donors (Lipinski definition) is 1. The van der Waals surface area contributed by atoms with E-state index in [9.17, 15) is 0 Å². The molecule has 0 heterocycles. The van der Waals surface area contributed by atoms with Crippen LogP contribution in [-0.2, 0) is 4.74 Å². The Hall–Kier alpha value is -0.340. The molecule has 0 aromatic rings. The van der Waals surface area contributed by atoms with E-state index in [1.54, 1.807) is 6.08 Å². The molecule has 1 N–H and O–H groups in total. The summed E-state index contributed by atoms with van der Waals surface area (Å²) in [5.41, 5.74) is 0. The topological polar surface area (TPSA) is 21.3 Å². The van der Waals surface area contributed by atoms with Crippen LogP contribution >= 0.6 is 0 Å². The second-order valence-corrected chi connectivity index (χ2v) is 3.61. The van der Waals surface area contributed by atoms with Gasteiger partial charge in [0.15, 0.2) is 0 Å². The Kier molecular flexibility index (Phi) is 8.05. The summed E-state index contributed by atoms with van der Waals surface area (Å²) >= 11 is 0. The highest BCUT2D eigenvalue weighted by atomic mass is 16.5. The van der Waals surface area contributed by atoms with Crippen molar-refractivity contribution in [3.05, 3.63) is 12.7 Å². The number of rotatable bonds is 8. The number of nitrogens with one attached hydrogen (secondary N) is 1. The summed E-state index contributed by atoms with van der Waals surface area (Å²) in [6.07, 6.45) is 3.28. The summed E-state index contributed by atoms with van der Waals surface area (Å²) in [5, 5.41) is 3.37. The molecule has 0 spiro atoms. The minimum Gasteiger partial charge on any atom is -0.373 e. The molecule has 1 unspecified atom stereocenters. The van der Waals surface area contributed by atoms with Crippen LogP contribution in [0.25, 0.3) is 0 Å². The van der Waals surface area contributed by atoms with E-state index in [4.69, 9.17) is 4.74 Å². The molecule has 2 heteroatoms. The maximum absolute atomic E-state index is 5.62. The quantitative estimate of drug-likeness (QED) is 0.462. The van der Waals surface area contributed by atoms with Crippen molar-refractivity contribution in [2.45, 2.75) is 33.3 Å². The first kappa shape index (κ1) is 12.7. The predicted octanol–water partition coefficient (Wildman–Crippen LogP) is 2.21. The van der Waals surface area contributed by atoms with Crippen molar-refractivity contribution in [3.8, 4) is 0 Å². The highest BCUT2D eigenvalue weighted by Gasteiger charge is 2.11. The molecule has 2 nitrogen and oxygen atoms in total. The molecule has 1 atom stereocenters. The lowest BCUT2D eigenvalue weighted by Gasteiger charge is -2.21. The molecule has 13 heavy (non-hydrogen) atoms. The van der Waals surface area contributed by atoms with Gasteiger partial charge in [-0.05, 0) is 18.9 Å². The lowest BCUT2D eigenvalue weighted by atomic mass is 10.1. The van der Waals surface area contributed by atoms with E-state index in [2.05, 4.69) is 32.7 Å². The van der Waals surface area contributed by atoms with E-state index in [1.807, 2.05) is 0 Å². The van der Waals surface area contributed by atoms with Crippen LogP contribution in [0, 0.1) is 5.92 Å². The Morgan fingerprint density at radius 2 is 2.15 bits per heavy atom. The average molecular weight is 185 g/mol. The summed E-state index contributed by atoms with van der Waals surface area (Å²) in [6, 6.07) is 0. The number of hydrogen-bond acceptors (Lipinski definition) is 2. The van der Waals surface area contributed by atoms with Crippen LogP contribution in [0.5, 0.6) is 0 Å². The summed E-state index contributed by atoms with van der Waals surface area (Å²) in [7, 11) is 0. The zero-order valence-corrected chi connectivity index (χ0v) is 9.18. The van der Waals surface area contributed by atoms with Gasteiger partial charge in [0.1, 0.15) is 0 Å². The Morgan fingerprint density at radius 1 is 1.46 bits per heavy atom. The van der Waals surface area contributed by atoms with Gasteiger partial charge in [-0.25, -0.2) is 0 Å². The molecule has 0 saturated heterocycles. The molecule has 0 aromatic carbocycles. The van der Waals surface area contributed by atoms with E-state index in [0.29, 0.717) is 18.6 Å².